The van der Waals surface area contributed by atoms with Crippen LogP contribution in [0.3, 0.4) is 0 Å². The molecule has 37 heavy (non-hydrogen) atoms. The number of rotatable bonds is 30. The van der Waals surface area contributed by atoms with E-state index < -0.39 is 6.10 Å². The molecule has 0 saturated carbocycles. The summed E-state index contributed by atoms with van der Waals surface area (Å²) in [6, 6.07) is 0. The first-order valence-corrected chi connectivity index (χ1v) is 16.3. The van der Waals surface area contributed by atoms with Crippen molar-refractivity contribution in [3.8, 4) is 0 Å². The average molecular weight is 528 g/mol. The molecule has 0 saturated heterocycles. The fraction of sp³-hybridized carbons (Fsp3) is 0.969. The van der Waals surface area contributed by atoms with Crippen molar-refractivity contribution >= 4 is 5.91 Å². The summed E-state index contributed by atoms with van der Waals surface area (Å²) >= 11 is 0. The standard InChI is InChI=1S/C32H65NO4/c1-3-5-7-9-11-13-14-15-16-17-19-21-23-25-32(36)33(26-27-34)29-31(35)30-37-28-24-22-20-18-12-10-8-6-4-2/h31,34-35H,3-30H2,1-2H3. The lowest BCUT2D eigenvalue weighted by Gasteiger charge is -2.24. The second-order valence-electron chi connectivity index (χ2n) is 11.1. The van der Waals surface area contributed by atoms with Gasteiger partial charge in [-0.25, -0.2) is 0 Å². The van der Waals surface area contributed by atoms with Crippen LogP contribution in [0.1, 0.15) is 162 Å². The van der Waals surface area contributed by atoms with E-state index in [-0.39, 0.29) is 32.2 Å². The second-order valence-corrected chi connectivity index (χ2v) is 11.1. The zero-order chi connectivity index (χ0) is 27.2. The first kappa shape index (κ1) is 36.4. The molecule has 1 unspecified atom stereocenters. The van der Waals surface area contributed by atoms with Gasteiger partial charge in [0, 0.05) is 26.1 Å². The van der Waals surface area contributed by atoms with Gasteiger partial charge in [-0.3, -0.25) is 4.79 Å². The number of carbonyl (C=O) groups excluding carboxylic acids is 1. The van der Waals surface area contributed by atoms with Crippen LogP contribution in [-0.2, 0) is 9.53 Å². The van der Waals surface area contributed by atoms with Crippen LogP contribution in [0.5, 0.6) is 0 Å². The quantitative estimate of drug-likeness (QED) is 0.0924. The number of hydrogen-bond acceptors (Lipinski definition) is 4. The third kappa shape index (κ3) is 26.7. The Morgan fingerprint density at radius 1 is 0.649 bits per heavy atom. The third-order valence-corrected chi connectivity index (χ3v) is 7.35. The highest BCUT2D eigenvalue weighted by molar-refractivity contribution is 5.76. The van der Waals surface area contributed by atoms with Crippen LogP contribution in [0.15, 0.2) is 0 Å². The lowest BCUT2D eigenvalue weighted by Crippen LogP contribution is -2.40. The predicted octanol–water partition coefficient (Wildman–Crippen LogP) is 8.20. The van der Waals surface area contributed by atoms with Crippen molar-refractivity contribution in [3.63, 3.8) is 0 Å². The van der Waals surface area contributed by atoms with Crippen molar-refractivity contribution in [1.29, 1.82) is 0 Å². The Balaban J connectivity index is 3.69. The molecule has 0 aromatic carbocycles. The summed E-state index contributed by atoms with van der Waals surface area (Å²) in [4.78, 5) is 14.2. The predicted molar refractivity (Wildman–Crippen MR) is 158 cm³/mol. The molecule has 0 spiro atoms. The molecular weight excluding hydrogens is 462 g/mol. The summed E-state index contributed by atoms with van der Waals surface area (Å²) in [5.41, 5.74) is 0. The fourth-order valence-corrected chi connectivity index (χ4v) is 4.93. The van der Waals surface area contributed by atoms with E-state index in [2.05, 4.69) is 13.8 Å². The molecule has 0 aliphatic heterocycles. The van der Waals surface area contributed by atoms with Crippen molar-refractivity contribution in [2.75, 3.05) is 32.9 Å². The van der Waals surface area contributed by atoms with Crippen molar-refractivity contribution in [2.45, 2.75) is 168 Å². The van der Waals surface area contributed by atoms with Gasteiger partial charge in [0.25, 0.3) is 0 Å². The van der Waals surface area contributed by atoms with Gasteiger partial charge in [0.2, 0.25) is 5.91 Å². The SMILES string of the molecule is CCCCCCCCCCCCCCCC(=O)N(CCO)CC(O)COCCCCCCCCCCC. The van der Waals surface area contributed by atoms with Crippen LogP contribution in [-0.4, -0.2) is 60.0 Å². The Hall–Kier alpha value is -0.650. The summed E-state index contributed by atoms with van der Waals surface area (Å²) in [5, 5.41) is 19.7. The smallest absolute Gasteiger partial charge is 0.222 e. The summed E-state index contributed by atoms with van der Waals surface area (Å²) in [6.07, 6.45) is 28.1. The van der Waals surface area contributed by atoms with E-state index in [9.17, 15) is 15.0 Å². The highest BCUT2D eigenvalue weighted by atomic mass is 16.5. The number of aliphatic hydroxyl groups is 2. The monoisotopic (exact) mass is 527 g/mol. The Morgan fingerprint density at radius 2 is 1.05 bits per heavy atom. The molecule has 5 nitrogen and oxygen atoms in total. The lowest BCUT2D eigenvalue weighted by atomic mass is 10.0. The van der Waals surface area contributed by atoms with Gasteiger partial charge in [-0.05, 0) is 12.8 Å². The summed E-state index contributed by atoms with van der Waals surface area (Å²) in [6.45, 7) is 5.89. The van der Waals surface area contributed by atoms with Crippen LogP contribution < -0.4 is 0 Å². The molecule has 222 valence electrons. The maximum atomic E-state index is 12.6. The number of aliphatic hydroxyl groups excluding tert-OH is 2. The van der Waals surface area contributed by atoms with Gasteiger partial charge < -0.3 is 19.8 Å². The molecule has 2 N–H and O–H groups in total. The van der Waals surface area contributed by atoms with E-state index in [1.54, 1.807) is 4.90 Å². The van der Waals surface area contributed by atoms with E-state index >= 15 is 0 Å². The van der Waals surface area contributed by atoms with Crippen LogP contribution >= 0.6 is 0 Å². The summed E-state index contributed by atoms with van der Waals surface area (Å²) < 4.78 is 5.65. The van der Waals surface area contributed by atoms with Crippen LogP contribution in [0.25, 0.3) is 0 Å². The molecule has 0 heterocycles. The first-order chi connectivity index (χ1) is 18.2. The minimum absolute atomic E-state index is 0.0371. The lowest BCUT2D eigenvalue weighted by molar-refractivity contribution is -0.134. The van der Waals surface area contributed by atoms with Gasteiger partial charge in [0.05, 0.1) is 19.3 Å². The molecule has 0 aliphatic rings. The van der Waals surface area contributed by atoms with Crippen molar-refractivity contribution in [2.24, 2.45) is 0 Å². The van der Waals surface area contributed by atoms with Gasteiger partial charge in [-0.1, -0.05) is 142 Å². The largest absolute Gasteiger partial charge is 0.395 e. The molecule has 0 fully saturated rings. The van der Waals surface area contributed by atoms with Crippen LogP contribution in [0.4, 0.5) is 0 Å². The summed E-state index contributed by atoms with van der Waals surface area (Å²) in [7, 11) is 0. The van der Waals surface area contributed by atoms with Crippen molar-refractivity contribution in [3.05, 3.63) is 0 Å². The van der Waals surface area contributed by atoms with Gasteiger partial charge >= 0.3 is 0 Å². The van der Waals surface area contributed by atoms with Gasteiger partial charge in [0.15, 0.2) is 0 Å². The zero-order valence-electron chi connectivity index (χ0n) is 25.0. The Morgan fingerprint density at radius 3 is 1.49 bits per heavy atom. The summed E-state index contributed by atoms with van der Waals surface area (Å²) in [5.74, 6) is 0.0371. The molecule has 0 bridgehead atoms. The number of unbranched alkanes of at least 4 members (excludes halogenated alkanes) is 20. The van der Waals surface area contributed by atoms with E-state index in [1.165, 1.54) is 122 Å². The molecule has 5 heteroatoms. The number of ether oxygens (including phenoxy) is 1. The zero-order valence-corrected chi connectivity index (χ0v) is 25.0. The topological polar surface area (TPSA) is 70.0 Å². The van der Waals surface area contributed by atoms with Crippen LogP contribution in [0.2, 0.25) is 0 Å². The Labute approximate surface area is 231 Å². The highest BCUT2D eigenvalue weighted by Crippen LogP contribution is 2.14. The Kier molecular flexibility index (Phi) is 29.4. The minimum atomic E-state index is -0.694. The maximum absolute atomic E-state index is 12.6. The molecule has 0 aromatic heterocycles. The third-order valence-electron chi connectivity index (χ3n) is 7.35. The normalized spacial score (nSPS) is 12.2. The van der Waals surface area contributed by atoms with Crippen molar-refractivity contribution in [1.82, 2.24) is 4.90 Å². The number of hydrogen-bond donors (Lipinski definition) is 2. The first-order valence-electron chi connectivity index (χ1n) is 16.3. The van der Waals surface area contributed by atoms with Crippen molar-refractivity contribution < 1.29 is 19.7 Å². The number of nitrogens with zero attached hydrogens (tertiary/aromatic N) is 1. The van der Waals surface area contributed by atoms with E-state index in [4.69, 9.17) is 4.74 Å². The van der Waals surface area contributed by atoms with E-state index in [0.717, 1.165) is 19.3 Å². The molecule has 0 rings (SSSR count). The highest BCUT2D eigenvalue weighted by Gasteiger charge is 2.17. The van der Waals surface area contributed by atoms with E-state index in [1.807, 2.05) is 0 Å². The molecule has 1 amide bonds. The van der Waals surface area contributed by atoms with E-state index in [0.29, 0.717) is 13.0 Å². The number of carbonyl (C=O) groups is 1. The molecule has 0 radical (unpaired) electrons. The van der Waals surface area contributed by atoms with Gasteiger partial charge in [-0.15, -0.1) is 0 Å². The molecule has 0 aliphatic carbocycles. The van der Waals surface area contributed by atoms with Gasteiger partial charge in [0.1, 0.15) is 0 Å². The molecular formula is C32H65NO4. The molecule has 1 atom stereocenters. The second kappa shape index (κ2) is 29.9. The maximum Gasteiger partial charge on any atom is 0.222 e. The minimum Gasteiger partial charge on any atom is -0.395 e. The van der Waals surface area contributed by atoms with Gasteiger partial charge in [-0.2, -0.15) is 0 Å². The molecule has 0 aromatic rings. The fourth-order valence-electron chi connectivity index (χ4n) is 4.93. The Bertz CT molecular complexity index is 460. The van der Waals surface area contributed by atoms with Crippen LogP contribution in [0, 0.1) is 0 Å². The average Bonchev–Trinajstić information content (AvgIpc) is 2.89. The number of amides is 1.